The number of piperazine rings is 1. The highest BCUT2D eigenvalue weighted by Crippen LogP contribution is 2.37. The van der Waals surface area contributed by atoms with Gasteiger partial charge in [-0.05, 0) is 45.0 Å². The number of carbonyl (C=O) groups excluding carboxylic acids is 2. The lowest BCUT2D eigenvalue weighted by Gasteiger charge is -2.41. The molecule has 0 bridgehead atoms. The third kappa shape index (κ3) is 5.80. The second kappa shape index (κ2) is 12.8. The smallest absolute Gasteiger partial charge is 0.318 e. The first-order valence-corrected chi connectivity index (χ1v) is 15.6. The van der Waals surface area contributed by atoms with Crippen molar-refractivity contribution in [1.82, 2.24) is 24.8 Å². The molecule has 2 saturated heterocycles. The molecule has 0 N–H and O–H groups in total. The van der Waals surface area contributed by atoms with E-state index < -0.39 is 0 Å². The van der Waals surface area contributed by atoms with E-state index in [9.17, 15) is 14.9 Å². The summed E-state index contributed by atoms with van der Waals surface area (Å²) in [5, 5.41) is 9.56. The van der Waals surface area contributed by atoms with E-state index in [2.05, 4.69) is 39.4 Å². The van der Waals surface area contributed by atoms with Crippen molar-refractivity contribution >= 4 is 29.0 Å². The fraction of sp³-hybridized carbons (Fsp3) is 0.562. The summed E-state index contributed by atoms with van der Waals surface area (Å²) in [6.07, 6.45) is 8.16. The summed E-state index contributed by atoms with van der Waals surface area (Å²) in [6.45, 7) is 8.27. The fourth-order valence-electron chi connectivity index (χ4n) is 7.03. The molecule has 0 unspecified atom stereocenters. The zero-order valence-corrected chi connectivity index (χ0v) is 25.7. The summed E-state index contributed by atoms with van der Waals surface area (Å²) in [7, 11) is 3.96. The van der Waals surface area contributed by atoms with Crippen LogP contribution in [-0.2, 0) is 28.9 Å². The number of likely N-dealkylation sites (N-methyl/N-ethyl adjacent to an activating group) is 1. The Labute approximate surface area is 258 Å². The van der Waals surface area contributed by atoms with Crippen LogP contribution < -0.4 is 19.4 Å². The maximum absolute atomic E-state index is 12.6. The van der Waals surface area contributed by atoms with Gasteiger partial charge in [-0.3, -0.25) is 14.6 Å². The maximum atomic E-state index is 12.6. The van der Waals surface area contributed by atoms with Crippen LogP contribution in [0.15, 0.2) is 24.9 Å². The van der Waals surface area contributed by atoms with E-state index in [1.165, 1.54) is 6.08 Å². The van der Waals surface area contributed by atoms with E-state index in [4.69, 9.17) is 14.7 Å². The quantitative estimate of drug-likeness (QED) is 0.437. The van der Waals surface area contributed by atoms with Gasteiger partial charge in [0.15, 0.2) is 0 Å². The van der Waals surface area contributed by atoms with E-state index in [1.807, 2.05) is 19.3 Å². The summed E-state index contributed by atoms with van der Waals surface area (Å²) >= 11 is 0. The van der Waals surface area contributed by atoms with Gasteiger partial charge in [-0.15, -0.1) is 0 Å². The summed E-state index contributed by atoms with van der Waals surface area (Å²) < 4.78 is 6.27. The molecule has 12 heteroatoms. The van der Waals surface area contributed by atoms with Crippen LogP contribution in [0.3, 0.4) is 0 Å². The fourth-order valence-corrected chi connectivity index (χ4v) is 7.03. The Kier molecular flexibility index (Phi) is 8.66. The number of anilines is 3. The molecule has 0 aliphatic carbocycles. The van der Waals surface area contributed by atoms with Crippen molar-refractivity contribution in [2.75, 3.05) is 74.7 Å². The summed E-state index contributed by atoms with van der Waals surface area (Å²) in [5.74, 6) is 0.772. The van der Waals surface area contributed by atoms with Gasteiger partial charge in [-0.1, -0.05) is 6.58 Å². The van der Waals surface area contributed by atoms with Gasteiger partial charge >= 0.3 is 6.01 Å². The Balaban J connectivity index is 1.31. The maximum Gasteiger partial charge on any atom is 0.318 e. The number of hydrogen-bond acceptors (Lipinski definition) is 10. The van der Waals surface area contributed by atoms with Crippen molar-refractivity contribution in [1.29, 1.82) is 5.26 Å². The first kappa shape index (κ1) is 29.8. The lowest BCUT2D eigenvalue weighted by molar-refractivity contribution is -0.128. The number of likely N-dealkylation sites (tertiary alicyclic amines) is 1. The normalized spacial score (nSPS) is 22.2. The van der Waals surface area contributed by atoms with Crippen LogP contribution >= 0.6 is 0 Å². The number of amides is 2. The Hall–Kier alpha value is -4.24. The number of ether oxygens (including phenoxy) is 1. The van der Waals surface area contributed by atoms with Crippen molar-refractivity contribution < 1.29 is 14.3 Å². The third-order valence-electron chi connectivity index (χ3n) is 9.55. The predicted molar refractivity (Wildman–Crippen MR) is 167 cm³/mol. The van der Waals surface area contributed by atoms with E-state index in [1.54, 1.807) is 9.80 Å². The number of fused-ring (bicyclic) bond motifs is 2. The number of pyridine rings is 1. The molecule has 2 amide bonds. The number of carbonyl (C=O) groups is 2. The van der Waals surface area contributed by atoms with E-state index in [0.717, 1.165) is 66.6 Å². The van der Waals surface area contributed by atoms with Crippen molar-refractivity contribution in [2.45, 2.75) is 57.0 Å². The van der Waals surface area contributed by atoms with Gasteiger partial charge in [0.2, 0.25) is 11.8 Å². The van der Waals surface area contributed by atoms with Crippen LogP contribution in [0.1, 0.15) is 42.6 Å². The third-order valence-corrected chi connectivity index (χ3v) is 9.55. The molecule has 6 heterocycles. The molecule has 2 aromatic heterocycles. The molecule has 44 heavy (non-hydrogen) atoms. The van der Waals surface area contributed by atoms with Gasteiger partial charge < -0.3 is 29.2 Å². The minimum absolute atomic E-state index is 0.105. The topological polar surface area (TPSA) is 122 Å². The minimum Gasteiger partial charge on any atom is -0.462 e. The molecule has 0 radical (unpaired) electrons. The summed E-state index contributed by atoms with van der Waals surface area (Å²) in [5.41, 5.74) is 4.90. The first-order chi connectivity index (χ1) is 21.4. The Morgan fingerprint density at radius 1 is 1.07 bits per heavy atom. The van der Waals surface area contributed by atoms with Crippen molar-refractivity contribution in [3.05, 3.63) is 41.9 Å². The standard InChI is InChI=1S/C32H41N9O3/c1-4-28(42)41-19-18-40(20-22(41)9-13-33)31-24-11-16-39(27-10-14-34-26-7-8-29(43)38(3)30(26)27)17-12-25(24)35-32(36-31)44-21-23-6-5-15-37(23)2/h4,10,14,22-23H,1,5-9,11-12,15-21H2,2-3H3/t22-,23-/m0/s1. The molecule has 0 saturated carbocycles. The number of aryl methyl sites for hydroxylation is 1. The van der Waals surface area contributed by atoms with Gasteiger partial charge in [0.25, 0.3) is 0 Å². The Morgan fingerprint density at radius 3 is 2.68 bits per heavy atom. The first-order valence-electron chi connectivity index (χ1n) is 15.6. The van der Waals surface area contributed by atoms with Gasteiger partial charge in [0, 0.05) is 76.8 Å². The molecule has 2 atom stereocenters. The highest BCUT2D eigenvalue weighted by atomic mass is 16.5. The number of rotatable bonds is 7. The molecule has 0 aromatic carbocycles. The monoisotopic (exact) mass is 599 g/mol. The zero-order chi connectivity index (χ0) is 30.8. The molecule has 0 spiro atoms. The van der Waals surface area contributed by atoms with E-state index in [0.29, 0.717) is 64.0 Å². The van der Waals surface area contributed by atoms with Crippen molar-refractivity contribution in [3.8, 4) is 12.1 Å². The van der Waals surface area contributed by atoms with Gasteiger partial charge in [0.05, 0.1) is 41.3 Å². The average molecular weight is 600 g/mol. The van der Waals surface area contributed by atoms with Crippen LogP contribution in [0.5, 0.6) is 6.01 Å². The predicted octanol–water partition coefficient (Wildman–Crippen LogP) is 1.98. The average Bonchev–Trinajstić information content (AvgIpc) is 3.33. The largest absolute Gasteiger partial charge is 0.462 e. The number of aromatic nitrogens is 3. The molecule has 12 nitrogen and oxygen atoms in total. The zero-order valence-electron chi connectivity index (χ0n) is 25.7. The van der Waals surface area contributed by atoms with E-state index in [-0.39, 0.29) is 24.3 Å². The Morgan fingerprint density at radius 2 is 1.91 bits per heavy atom. The summed E-state index contributed by atoms with van der Waals surface area (Å²) in [6, 6.07) is 4.71. The second-order valence-electron chi connectivity index (χ2n) is 12.1. The summed E-state index contributed by atoms with van der Waals surface area (Å²) in [4.78, 5) is 50.1. The SMILES string of the molecule is C=CC(=O)N1CCN(c2nc(OC[C@@H]3CCCN3C)nc3c2CCN(c2ccnc4c2N(C)C(=O)CC4)CC3)C[C@@H]1CC#N. The van der Waals surface area contributed by atoms with Gasteiger partial charge in [-0.25, -0.2) is 0 Å². The van der Waals surface area contributed by atoms with Gasteiger partial charge in [0.1, 0.15) is 12.4 Å². The van der Waals surface area contributed by atoms with Crippen LogP contribution in [0.25, 0.3) is 0 Å². The molecule has 4 aliphatic rings. The number of nitrogens with zero attached hydrogens (tertiary/aromatic N) is 9. The van der Waals surface area contributed by atoms with Crippen molar-refractivity contribution in [2.24, 2.45) is 0 Å². The van der Waals surface area contributed by atoms with Gasteiger partial charge in [-0.2, -0.15) is 15.2 Å². The van der Waals surface area contributed by atoms with Crippen LogP contribution in [0.2, 0.25) is 0 Å². The van der Waals surface area contributed by atoms with Crippen LogP contribution in [0.4, 0.5) is 17.2 Å². The van der Waals surface area contributed by atoms with Crippen LogP contribution in [0, 0.1) is 11.3 Å². The highest BCUT2D eigenvalue weighted by molar-refractivity contribution is 5.99. The number of nitriles is 1. The molecule has 6 rings (SSSR count). The Bertz CT molecular complexity index is 1470. The molecule has 2 aromatic rings. The molecular weight excluding hydrogens is 558 g/mol. The molecular formula is C32H41N9O3. The second-order valence-corrected chi connectivity index (χ2v) is 12.1. The molecule has 2 fully saturated rings. The van der Waals surface area contributed by atoms with Crippen molar-refractivity contribution in [3.63, 3.8) is 0 Å². The molecule has 232 valence electrons. The lowest BCUT2D eigenvalue weighted by Crippen LogP contribution is -2.55. The molecule has 4 aliphatic heterocycles. The lowest BCUT2D eigenvalue weighted by atomic mass is 10.1. The minimum atomic E-state index is -0.264. The van der Waals surface area contributed by atoms with E-state index >= 15 is 0 Å². The highest BCUT2D eigenvalue weighted by Gasteiger charge is 2.34. The van der Waals surface area contributed by atoms with Crippen LogP contribution in [-0.4, -0.2) is 109 Å². The number of hydrogen-bond donors (Lipinski definition) is 0.